The minimum Gasteiger partial charge on any atom is -0.369 e. The van der Waals surface area contributed by atoms with E-state index in [1.165, 1.54) is 31.4 Å². The normalized spacial score (nSPS) is 30.1. The predicted molar refractivity (Wildman–Crippen MR) is 115 cm³/mol. The molecule has 4 nitrogen and oxygen atoms in total. The molecule has 2 saturated heterocycles. The van der Waals surface area contributed by atoms with Crippen molar-refractivity contribution in [1.82, 2.24) is 10.6 Å². The Morgan fingerprint density at radius 2 is 1.85 bits per heavy atom. The van der Waals surface area contributed by atoms with Crippen LogP contribution in [0.15, 0.2) is 28.7 Å². The summed E-state index contributed by atoms with van der Waals surface area (Å²) in [7, 11) is 0. The number of fused-ring (bicyclic) bond motifs is 1. The van der Waals surface area contributed by atoms with Crippen LogP contribution in [0.4, 0.5) is 5.69 Å². The van der Waals surface area contributed by atoms with Crippen LogP contribution in [-0.4, -0.2) is 37.1 Å². The van der Waals surface area contributed by atoms with Gasteiger partial charge in [-0.15, -0.1) is 24.8 Å². The summed E-state index contributed by atoms with van der Waals surface area (Å²) in [5.41, 5.74) is 1.24. The van der Waals surface area contributed by atoms with Gasteiger partial charge in [-0.05, 0) is 55.9 Å². The van der Waals surface area contributed by atoms with Crippen LogP contribution >= 0.6 is 40.7 Å². The number of rotatable bonds is 3. The van der Waals surface area contributed by atoms with E-state index in [9.17, 15) is 4.79 Å². The van der Waals surface area contributed by atoms with Crippen LogP contribution in [0.1, 0.15) is 38.5 Å². The smallest absolute Gasteiger partial charge is 0.237 e. The molecule has 1 amide bonds. The zero-order chi connectivity index (χ0) is 16.5. The van der Waals surface area contributed by atoms with Gasteiger partial charge in [0.1, 0.15) is 0 Å². The van der Waals surface area contributed by atoms with E-state index in [2.05, 4.69) is 55.7 Å². The lowest BCUT2D eigenvalue weighted by molar-refractivity contribution is -0.123. The minimum atomic E-state index is 0. The number of amides is 1. The molecule has 2 N–H and O–H groups in total. The highest BCUT2D eigenvalue weighted by molar-refractivity contribution is 9.10. The molecule has 26 heavy (non-hydrogen) atoms. The van der Waals surface area contributed by atoms with Crippen LogP contribution in [0.2, 0.25) is 0 Å². The van der Waals surface area contributed by atoms with Gasteiger partial charge in [-0.2, -0.15) is 0 Å². The van der Waals surface area contributed by atoms with Gasteiger partial charge < -0.3 is 15.5 Å². The molecule has 0 aromatic heterocycles. The first kappa shape index (κ1) is 21.8. The van der Waals surface area contributed by atoms with E-state index in [1.54, 1.807) is 0 Å². The van der Waals surface area contributed by atoms with Crippen molar-refractivity contribution >= 4 is 52.3 Å². The van der Waals surface area contributed by atoms with Gasteiger partial charge in [-0.3, -0.25) is 4.79 Å². The third kappa shape index (κ3) is 4.86. The lowest BCUT2D eigenvalue weighted by Crippen LogP contribution is -2.47. The molecular weight excluding hydrogens is 437 g/mol. The van der Waals surface area contributed by atoms with Crippen LogP contribution in [-0.2, 0) is 4.79 Å². The van der Waals surface area contributed by atoms with Gasteiger partial charge in [-0.1, -0.05) is 28.8 Å². The van der Waals surface area contributed by atoms with E-state index in [0.29, 0.717) is 6.04 Å². The summed E-state index contributed by atoms with van der Waals surface area (Å²) in [6.07, 6.45) is 7.24. The topological polar surface area (TPSA) is 44.4 Å². The van der Waals surface area contributed by atoms with E-state index < -0.39 is 0 Å². The average molecular weight is 465 g/mol. The number of nitrogens with one attached hydrogen (secondary N) is 2. The zero-order valence-electron chi connectivity index (χ0n) is 14.8. The van der Waals surface area contributed by atoms with Crippen molar-refractivity contribution in [3.8, 4) is 0 Å². The van der Waals surface area contributed by atoms with Crippen LogP contribution in [0.5, 0.6) is 0 Å². The van der Waals surface area contributed by atoms with Crippen LogP contribution in [0.25, 0.3) is 0 Å². The van der Waals surface area contributed by atoms with Crippen LogP contribution in [0, 0.1) is 5.92 Å². The quantitative estimate of drug-likeness (QED) is 0.712. The number of anilines is 1. The lowest BCUT2D eigenvalue weighted by Gasteiger charge is -2.24. The molecule has 3 fully saturated rings. The second kappa shape index (κ2) is 9.63. The highest BCUT2D eigenvalue weighted by atomic mass is 79.9. The number of nitrogens with zero attached hydrogens (tertiary/aromatic N) is 1. The third-order valence-electron chi connectivity index (χ3n) is 5.91. The molecule has 4 unspecified atom stereocenters. The van der Waals surface area contributed by atoms with Gasteiger partial charge in [0.15, 0.2) is 0 Å². The van der Waals surface area contributed by atoms with Crippen molar-refractivity contribution in [1.29, 1.82) is 0 Å². The number of hydrogen-bond acceptors (Lipinski definition) is 3. The molecule has 146 valence electrons. The Labute approximate surface area is 176 Å². The first-order valence-electron chi connectivity index (χ1n) is 9.26. The SMILES string of the molecule is Cl.Cl.O=C(NC1CCN(c2ccc(Br)cc2)C1)C1CC2CCCCC2N1. The monoisotopic (exact) mass is 463 g/mol. The Bertz CT molecular complexity index is 587. The number of hydrogen-bond donors (Lipinski definition) is 2. The molecule has 1 aromatic rings. The maximum Gasteiger partial charge on any atom is 0.237 e. The van der Waals surface area contributed by atoms with Crippen molar-refractivity contribution in [2.45, 2.75) is 56.7 Å². The first-order chi connectivity index (χ1) is 11.7. The summed E-state index contributed by atoms with van der Waals surface area (Å²) in [6, 6.07) is 9.30. The van der Waals surface area contributed by atoms with Gasteiger partial charge in [0, 0.05) is 35.3 Å². The Morgan fingerprint density at radius 1 is 1.12 bits per heavy atom. The molecule has 7 heteroatoms. The highest BCUT2D eigenvalue weighted by Crippen LogP contribution is 2.33. The van der Waals surface area contributed by atoms with Gasteiger partial charge in [0.25, 0.3) is 0 Å². The molecule has 1 aromatic carbocycles. The second-order valence-electron chi connectivity index (χ2n) is 7.52. The van der Waals surface area contributed by atoms with Gasteiger partial charge in [-0.25, -0.2) is 0 Å². The molecule has 1 aliphatic carbocycles. The Morgan fingerprint density at radius 3 is 2.58 bits per heavy atom. The van der Waals surface area contributed by atoms with Crippen molar-refractivity contribution in [3.63, 3.8) is 0 Å². The van der Waals surface area contributed by atoms with E-state index >= 15 is 0 Å². The van der Waals surface area contributed by atoms with E-state index in [1.807, 2.05) is 0 Å². The Kier molecular flexibility index (Phi) is 8.08. The fraction of sp³-hybridized carbons (Fsp3) is 0.632. The molecule has 0 bridgehead atoms. The average Bonchev–Trinajstić information content (AvgIpc) is 3.22. The van der Waals surface area contributed by atoms with Crippen molar-refractivity contribution in [2.24, 2.45) is 5.92 Å². The summed E-state index contributed by atoms with van der Waals surface area (Å²) >= 11 is 3.48. The zero-order valence-corrected chi connectivity index (χ0v) is 18.0. The van der Waals surface area contributed by atoms with E-state index in [-0.39, 0.29) is 42.8 Å². The summed E-state index contributed by atoms with van der Waals surface area (Å²) < 4.78 is 1.10. The fourth-order valence-corrected chi connectivity index (χ4v) is 4.85. The predicted octanol–water partition coefficient (Wildman–Crippen LogP) is 3.91. The van der Waals surface area contributed by atoms with Crippen LogP contribution in [0.3, 0.4) is 0 Å². The molecule has 4 rings (SSSR count). The van der Waals surface area contributed by atoms with Gasteiger partial charge in [0.05, 0.1) is 6.04 Å². The number of carbonyl (C=O) groups is 1. The molecule has 2 aliphatic heterocycles. The molecule has 3 aliphatic rings. The number of halogens is 3. The lowest BCUT2D eigenvalue weighted by atomic mass is 9.85. The highest BCUT2D eigenvalue weighted by Gasteiger charge is 2.39. The summed E-state index contributed by atoms with van der Waals surface area (Å²) in [4.78, 5) is 15.0. The molecule has 0 spiro atoms. The Balaban J connectivity index is 0.00000121. The van der Waals surface area contributed by atoms with Crippen LogP contribution < -0.4 is 15.5 Å². The summed E-state index contributed by atoms with van der Waals surface area (Å²) in [5.74, 6) is 0.935. The fourth-order valence-electron chi connectivity index (χ4n) is 4.59. The summed E-state index contributed by atoms with van der Waals surface area (Å²) in [6.45, 7) is 1.92. The van der Waals surface area contributed by atoms with Crippen molar-refractivity contribution in [2.75, 3.05) is 18.0 Å². The van der Waals surface area contributed by atoms with Gasteiger partial charge >= 0.3 is 0 Å². The first-order valence-corrected chi connectivity index (χ1v) is 10.1. The number of benzene rings is 1. The molecule has 0 radical (unpaired) electrons. The van der Waals surface area contributed by atoms with Crippen molar-refractivity contribution in [3.05, 3.63) is 28.7 Å². The largest absolute Gasteiger partial charge is 0.369 e. The molecular formula is C19H28BrCl2N3O. The minimum absolute atomic E-state index is 0. The van der Waals surface area contributed by atoms with Gasteiger partial charge in [0.2, 0.25) is 5.91 Å². The Hall–Kier alpha value is -0.490. The maximum atomic E-state index is 12.6. The molecule has 2 heterocycles. The number of carbonyl (C=O) groups excluding carboxylic acids is 1. The van der Waals surface area contributed by atoms with Crippen molar-refractivity contribution < 1.29 is 4.79 Å². The molecule has 1 saturated carbocycles. The third-order valence-corrected chi connectivity index (χ3v) is 6.43. The standard InChI is InChI=1S/C19H26BrN3O.2ClH/c20-14-5-7-16(8-6-14)23-10-9-15(12-23)21-19(24)18-11-13-3-1-2-4-17(13)22-18;;/h5-8,13,15,17-18,22H,1-4,9-12H2,(H,21,24);2*1H. The maximum absolute atomic E-state index is 12.6. The summed E-state index contributed by atoms with van der Waals surface area (Å²) in [5, 5.41) is 6.87. The van der Waals surface area contributed by atoms with E-state index in [0.717, 1.165) is 36.3 Å². The second-order valence-corrected chi connectivity index (χ2v) is 8.44. The van der Waals surface area contributed by atoms with E-state index in [4.69, 9.17) is 0 Å². The molecule has 4 atom stereocenters.